The first kappa shape index (κ1) is 28.2. The van der Waals surface area contributed by atoms with Crippen LogP contribution < -0.4 is 20.3 Å². The van der Waals surface area contributed by atoms with Gasteiger partial charge in [0.1, 0.15) is 12.4 Å². The number of likely N-dealkylation sites (N-methyl/N-ethyl adjacent to an activating group) is 1. The van der Waals surface area contributed by atoms with Crippen LogP contribution in [0.3, 0.4) is 0 Å². The van der Waals surface area contributed by atoms with Gasteiger partial charge in [0.15, 0.2) is 5.82 Å². The number of carbonyl (C=O) groups is 2. The van der Waals surface area contributed by atoms with E-state index >= 15 is 0 Å². The number of rotatable bonds is 9. The third kappa shape index (κ3) is 8.10. The molecule has 2 aromatic heterocycles. The van der Waals surface area contributed by atoms with Crippen molar-refractivity contribution in [3.05, 3.63) is 24.7 Å². The third-order valence-corrected chi connectivity index (χ3v) is 6.69. The Kier molecular flexibility index (Phi) is 10.0. The van der Waals surface area contributed by atoms with Gasteiger partial charge in [-0.1, -0.05) is 0 Å². The number of anilines is 3. The van der Waals surface area contributed by atoms with Gasteiger partial charge in [-0.2, -0.15) is 4.98 Å². The molecule has 0 radical (unpaired) electrons. The monoisotopic (exact) mass is 543 g/mol. The van der Waals surface area contributed by atoms with Gasteiger partial charge < -0.3 is 24.0 Å². The number of nitrogens with one attached hydrogen (secondary N) is 2. The summed E-state index contributed by atoms with van der Waals surface area (Å²) >= 11 is 0. The molecule has 0 saturated carbocycles. The van der Waals surface area contributed by atoms with Crippen LogP contribution in [-0.2, 0) is 9.47 Å². The summed E-state index contributed by atoms with van der Waals surface area (Å²) in [6.45, 7) is 8.85. The van der Waals surface area contributed by atoms with Gasteiger partial charge in [0.2, 0.25) is 11.8 Å². The van der Waals surface area contributed by atoms with E-state index in [-0.39, 0.29) is 18.7 Å². The Hall–Kier alpha value is -3.78. The number of hydrogen-bond acceptors (Lipinski definition) is 11. The van der Waals surface area contributed by atoms with Crippen LogP contribution >= 0.6 is 0 Å². The van der Waals surface area contributed by atoms with Crippen molar-refractivity contribution >= 4 is 29.7 Å². The molecular weight excluding hydrogens is 506 g/mol. The lowest BCUT2D eigenvalue weighted by Gasteiger charge is -2.37. The summed E-state index contributed by atoms with van der Waals surface area (Å²) in [6.07, 6.45) is 5.66. The molecule has 39 heavy (non-hydrogen) atoms. The highest BCUT2D eigenvalue weighted by Gasteiger charge is 2.28. The van der Waals surface area contributed by atoms with Crippen LogP contribution in [0.4, 0.5) is 27.2 Å². The Labute approximate surface area is 228 Å². The second-order valence-electron chi connectivity index (χ2n) is 9.42. The molecule has 2 atom stereocenters. The Morgan fingerprint density at radius 1 is 1.18 bits per heavy atom. The Balaban J connectivity index is 1.26. The highest BCUT2D eigenvalue weighted by Crippen LogP contribution is 2.21. The van der Waals surface area contributed by atoms with Crippen molar-refractivity contribution in [2.24, 2.45) is 0 Å². The van der Waals surface area contributed by atoms with Crippen LogP contribution in [0.1, 0.15) is 26.7 Å². The molecule has 0 aliphatic carbocycles. The lowest BCUT2D eigenvalue weighted by molar-refractivity contribution is -0.00742. The molecule has 14 heteroatoms. The third-order valence-electron chi connectivity index (χ3n) is 6.69. The molecule has 2 aliphatic rings. The summed E-state index contributed by atoms with van der Waals surface area (Å²) in [5.41, 5.74) is 0. The number of aromatic nitrogens is 4. The smallest absolute Gasteiger partial charge is 0.412 e. The molecule has 2 fully saturated rings. The minimum absolute atomic E-state index is 0.0674. The number of piperidine rings is 1. The molecule has 0 aromatic carbocycles. The van der Waals surface area contributed by atoms with Gasteiger partial charge in [-0.25, -0.2) is 24.5 Å². The van der Waals surface area contributed by atoms with Crippen LogP contribution in [0, 0.1) is 0 Å². The summed E-state index contributed by atoms with van der Waals surface area (Å²) in [4.78, 5) is 48.2. The molecule has 0 bridgehead atoms. The summed E-state index contributed by atoms with van der Waals surface area (Å²) in [5.74, 6) is 1.58. The average molecular weight is 544 g/mol. The molecule has 2 N–H and O–H groups in total. The van der Waals surface area contributed by atoms with Crippen LogP contribution in [0.2, 0.25) is 0 Å². The van der Waals surface area contributed by atoms with E-state index in [1.54, 1.807) is 24.2 Å². The lowest BCUT2D eigenvalue weighted by atomic mass is 10.1. The quantitative estimate of drug-likeness (QED) is 0.479. The van der Waals surface area contributed by atoms with Crippen molar-refractivity contribution in [3.63, 3.8) is 0 Å². The zero-order valence-electron chi connectivity index (χ0n) is 22.7. The first-order valence-electron chi connectivity index (χ1n) is 13.2. The van der Waals surface area contributed by atoms with Gasteiger partial charge in [0.05, 0.1) is 38.3 Å². The van der Waals surface area contributed by atoms with E-state index in [1.807, 2.05) is 11.8 Å². The molecule has 2 aromatic rings. The first-order chi connectivity index (χ1) is 18.9. The van der Waals surface area contributed by atoms with Crippen molar-refractivity contribution in [2.75, 3.05) is 75.2 Å². The van der Waals surface area contributed by atoms with Crippen molar-refractivity contribution in [1.29, 1.82) is 0 Å². The number of amides is 3. The molecule has 3 amide bonds. The summed E-state index contributed by atoms with van der Waals surface area (Å²) < 4.78 is 16.1. The minimum atomic E-state index is -0.564. The number of nitrogens with zero attached hydrogens (tertiary/aromatic N) is 7. The molecule has 4 rings (SSSR count). The number of ether oxygens (including phenoxy) is 3. The van der Waals surface area contributed by atoms with E-state index in [0.717, 1.165) is 25.9 Å². The van der Waals surface area contributed by atoms with Gasteiger partial charge in [0, 0.05) is 45.5 Å². The van der Waals surface area contributed by atoms with Crippen LogP contribution in [0.5, 0.6) is 5.88 Å². The van der Waals surface area contributed by atoms with Crippen molar-refractivity contribution in [3.8, 4) is 5.88 Å². The Morgan fingerprint density at radius 3 is 2.82 bits per heavy atom. The van der Waals surface area contributed by atoms with Crippen molar-refractivity contribution in [2.45, 2.75) is 38.8 Å². The van der Waals surface area contributed by atoms with Gasteiger partial charge in [-0.15, -0.1) is 0 Å². The van der Waals surface area contributed by atoms with E-state index in [1.165, 1.54) is 12.4 Å². The van der Waals surface area contributed by atoms with E-state index in [9.17, 15) is 9.59 Å². The predicted octanol–water partition coefficient (Wildman–Crippen LogP) is 2.07. The predicted molar refractivity (Wildman–Crippen MR) is 144 cm³/mol. The summed E-state index contributed by atoms with van der Waals surface area (Å²) in [7, 11) is 1.75. The van der Waals surface area contributed by atoms with E-state index < -0.39 is 6.09 Å². The number of hydrogen-bond donors (Lipinski definition) is 2. The van der Waals surface area contributed by atoms with E-state index in [4.69, 9.17) is 14.2 Å². The second-order valence-corrected chi connectivity index (χ2v) is 9.42. The fourth-order valence-corrected chi connectivity index (χ4v) is 4.48. The van der Waals surface area contributed by atoms with Gasteiger partial charge in [-0.3, -0.25) is 15.5 Å². The maximum Gasteiger partial charge on any atom is 0.412 e. The molecule has 0 unspecified atom stereocenters. The SMILES string of the molecule is CCOc1cnc(NC(=O)N(C)[C@@H]2CCCN(c3nccc(NC(=O)OCCN4CCOC[C@@H]4C)n3)C2)cn1. The number of urea groups is 1. The standard InChI is InChI=1S/C25H37N9O5/c1-4-38-22-15-27-21(14-28-22)30-24(35)32(3)19-6-5-9-34(16-19)23-26-8-7-20(29-23)31-25(36)39-13-11-33-10-12-37-17-18(33)2/h7-8,14-15,18-19H,4-6,9-13,16-17H2,1-3H3,(H,27,30,35)(H,26,29,31,36)/t18-,19+/m0/s1. The second kappa shape index (κ2) is 13.8. The highest BCUT2D eigenvalue weighted by atomic mass is 16.5. The number of morpholine rings is 1. The first-order valence-corrected chi connectivity index (χ1v) is 13.2. The van der Waals surface area contributed by atoms with Crippen LogP contribution in [-0.4, -0.2) is 114 Å². The highest BCUT2D eigenvalue weighted by molar-refractivity contribution is 5.88. The largest absolute Gasteiger partial charge is 0.477 e. The fraction of sp³-hybridized carbons (Fsp3) is 0.600. The lowest BCUT2D eigenvalue weighted by Crippen LogP contribution is -2.50. The van der Waals surface area contributed by atoms with E-state index in [0.29, 0.717) is 62.4 Å². The molecule has 212 valence electrons. The Bertz CT molecular complexity index is 1090. The van der Waals surface area contributed by atoms with Crippen molar-refractivity contribution in [1.82, 2.24) is 29.7 Å². The summed E-state index contributed by atoms with van der Waals surface area (Å²) in [5, 5.41) is 5.45. The zero-order chi connectivity index (χ0) is 27.6. The fourth-order valence-electron chi connectivity index (χ4n) is 4.48. The zero-order valence-corrected chi connectivity index (χ0v) is 22.7. The van der Waals surface area contributed by atoms with Gasteiger partial charge in [-0.05, 0) is 32.8 Å². The van der Waals surface area contributed by atoms with Gasteiger partial charge >= 0.3 is 12.1 Å². The molecule has 2 saturated heterocycles. The molecule has 2 aliphatic heterocycles. The van der Waals surface area contributed by atoms with Crippen LogP contribution in [0.15, 0.2) is 24.7 Å². The maximum atomic E-state index is 12.8. The Morgan fingerprint density at radius 2 is 2.05 bits per heavy atom. The minimum Gasteiger partial charge on any atom is -0.477 e. The maximum absolute atomic E-state index is 12.8. The normalized spacial score (nSPS) is 19.7. The van der Waals surface area contributed by atoms with Crippen molar-refractivity contribution < 1.29 is 23.8 Å². The molecule has 4 heterocycles. The average Bonchev–Trinajstić information content (AvgIpc) is 2.95. The summed E-state index contributed by atoms with van der Waals surface area (Å²) in [6, 6.07) is 1.57. The molecular formula is C25H37N9O5. The molecule has 0 spiro atoms. The number of carbonyl (C=O) groups excluding carboxylic acids is 2. The molecule has 14 nitrogen and oxygen atoms in total. The van der Waals surface area contributed by atoms with Crippen LogP contribution in [0.25, 0.3) is 0 Å². The van der Waals surface area contributed by atoms with Gasteiger partial charge in [0.25, 0.3) is 0 Å². The van der Waals surface area contributed by atoms with E-state index in [2.05, 4.69) is 42.4 Å². The topological polar surface area (TPSA) is 147 Å².